The summed E-state index contributed by atoms with van der Waals surface area (Å²) >= 11 is 6.04. The fourth-order valence-electron chi connectivity index (χ4n) is 2.25. The van der Waals surface area contributed by atoms with E-state index in [1.807, 2.05) is 24.3 Å². The number of carbonyl (C=O) groups excluding carboxylic acids is 1. The number of halogens is 1. The van der Waals surface area contributed by atoms with Gasteiger partial charge in [0.15, 0.2) is 0 Å². The molecule has 0 fully saturated rings. The van der Waals surface area contributed by atoms with Crippen molar-refractivity contribution < 1.29 is 4.79 Å². The first kappa shape index (κ1) is 14.9. The van der Waals surface area contributed by atoms with Gasteiger partial charge in [-0.15, -0.1) is 11.6 Å². The summed E-state index contributed by atoms with van der Waals surface area (Å²) in [6, 6.07) is 14.2. The molecule has 0 aromatic heterocycles. The van der Waals surface area contributed by atoms with Crippen LogP contribution in [0.25, 0.3) is 10.8 Å². The van der Waals surface area contributed by atoms with Crippen LogP contribution in [0.1, 0.15) is 25.3 Å². The number of benzene rings is 2. The molecule has 1 atom stereocenters. The average molecular weight is 290 g/mol. The Kier molecular flexibility index (Phi) is 5.42. The number of alkyl halides is 1. The summed E-state index contributed by atoms with van der Waals surface area (Å²) in [6.07, 6.45) is 2.17. The van der Waals surface area contributed by atoms with Crippen LogP contribution < -0.4 is 5.32 Å². The van der Waals surface area contributed by atoms with E-state index < -0.39 is 0 Å². The summed E-state index contributed by atoms with van der Waals surface area (Å²) in [6.45, 7) is 2.70. The van der Waals surface area contributed by atoms with Crippen LogP contribution in [0.3, 0.4) is 0 Å². The Bertz CT molecular complexity index is 577. The second-order valence-electron chi connectivity index (χ2n) is 4.96. The zero-order valence-electron chi connectivity index (χ0n) is 11.7. The fourth-order valence-corrected chi connectivity index (χ4v) is 2.36. The lowest BCUT2D eigenvalue weighted by molar-refractivity contribution is -0.120. The summed E-state index contributed by atoms with van der Waals surface area (Å²) in [4.78, 5) is 12.0. The molecule has 0 aliphatic carbocycles. The van der Waals surface area contributed by atoms with Gasteiger partial charge in [0, 0.05) is 11.9 Å². The van der Waals surface area contributed by atoms with Gasteiger partial charge in [-0.3, -0.25) is 4.79 Å². The number of amides is 1. The molecule has 0 bridgehead atoms. The summed E-state index contributed by atoms with van der Waals surface area (Å²) in [7, 11) is 0. The normalized spacial score (nSPS) is 12.3. The monoisotopic (exact) mass is 289 g/mol. The first-order valence-corrected chi connectivity index (χ1v) is 7.51. The largest absolute Gasteiger partial charge is 0.356 e. The molecule has 106 valence electrons. The maximum absolute atomic E-state index is 12.0. The molecule has 0 heterocycles. The highest BCUT2D eigenvalue weighted by atomic mass is 35.5. The van der Waals surface area contributed by atoms with Crippen LogP contribution in [0.4, 0.5) is 0 Å². The SMILES string of the molecule is CCC(Cl)CCNC(=O)Cc1cccc2ccccc12. The molecule has 0 aliphatic rings. The minimum Gasteiger partial charge on any atom is -0.356 e. The Morgan fingerprint density at radius 1 is 1.20 bits per heavy atom. The van der Waals surface area contributed by atoms with Gasteiger partial charge in [-0.25, -0.2) is 0 Å². The molecule has 2 aromatic carbocycles. The van der Waals surface area contributed by atoms with Gasteiger partial charge in [-0.05, 0) is 29.2 Å². The molecule has 2 rings (SSSR count). The lowest BCUT2D eigenvalue weighted by atomic mass is 10.0. The minimum atomic E-state index is 0.0568. The highest BCUT2D eigenvalue weighted by Crippen LogP contribution is 2.18. The van der Waals surface area contributed by atoms with Crippen LogP contribution >= 0.6 is 11.6 Å². The fraction of sp³-hybridized carbons (Fsp3) is 0.353. The van der Waals surface area contributed by atoms with E-state index in [9.17, 15) is 4.79 Å². The molecule has 20 heavy (non-hydrogen) atoms. The Balaban J connectivity index is 1.96. The van der Waals surface area contributed by atoms with Gasteiger partial charge in [0.05, 0.1) is 6.42 Å². The van der Waals surface area contributed by atoms with E-state index in [-0.39, 0.29) is 11.3 Å². The van der Waals surface area contributed by atoms with Crippen LogP contribution in [0, 0.1) is 0 Å². The van der Waals surface area contributed by atoms with E-state index in [0.29, 0.717) is 13.0 Å². The molecule has 1 amide bonds. The molecule has 1 N–H and O–H groups in total. The van der Waals surface area contributed by atoms with Gasteiger partial charge in [0.1, 0.15) is 0 Å². The van der Waals surface area contributed by atoms with Crippen molar-refractivity contribution >= 4 is 28.3 Å². The highest BCUT2D eigenvalue weighted by Gasteiger charge is 2.07. The Hall–Kier alpha value is -1.54. The number of fused-ring (bicyclic) bond motifs is 1. The van der Waals surface area contributed by atoms with Crippen LogP contribution in [0.5, 0.6) is 0 Å². The zero-order valence-corrected chi connectivity index (χ0v) is 12.5. The van der Waals surface area contributed by atoms with Crippen molar-refractivity contribution in [3.8, 4) is 0 Å². The van der Waals surface area contributed by atoms with E-state index in [0.717, 1.165) is 23.8 Å². The van der Waals surface area contributed by atoms with E-state index in [4.69, 9.17) is 11.6 Å². The third-order valence-electron chi connectivity index (χ3n) is 3.45. The predicted molar refractivity (Wildman–Crippen MR) is 85.2 cm³/mol. The molecular weight excluding hydrogens is 270 g/mol. The number of nitrogens with one attached hydrogen (secondary N) is 1. The molecule has 2 aromatic rings. The molecule has 0 spiro atoms. The predicted octanol–water partition coefficient (Wildman–Crippen LogP) is 3.91. The molecule has 0 radical (unpaired) electrons. The highest BCUT2D eigenvalue weighted by molar-refractivity contribution is 6.20. The smallest absolute Gasteiger partial charge is 0.224 e. The molecule has 0 aliphatic heterocycles. The van der Waals surface area contributed by atoms with Crippen molar-refractivity contribution in [2.24, 2.45) is 0 Å². The van der Waals surface area contributed by atoms with Gasteiger partial charge < -0.3 is 5.32 Å². The number of carbonyl (C=O) groups is 1. The molecule has 1 unspecified atom stereocenters. The summed E-state index contributed by atoms with van der Waals surface area (Å²) < 4.78 is 0. The molecule has 3 heteroatoms. The summed E-state index contributed by atoms with van der Waals surface area (Å²) in [5.41, 5.74) is 1.07. The Labute approximate surface area is 125 Å². The van der Waals surface area contributed by atoms with Crippen LogP contribution in [0.2, 0.25) is 0 Å². The minimum absolute atomic E-state index is 0.0568. The Morgan fingerprint density at radius 3 is 2.75 bits per heavy atom. The van der Waals surface area contributed by atoms with E-state index in [2.05, 4.69) is 30.4 Å². The van der Waals surface area contributed by atoms with Crippen molar-refractivity contribution in [1.82, 2.24) is 5.32 Å². The van der Waals surface area contributed by atoms with Crippen LogP contribution in [-0.4, -0.2) is 17.8 Å². The van der Waals surface area contributed by atoms with Crippen molar-refractivity contribution in [2.45, 2.75) is 31.6 Å². The van der Waals surface area contributed by atoms with Crippen molar-refractivity contribution in [3.05, 3.63) is 48.0 Å². The maximum Gasteiger partial charge on any atom is 0.224 e. The standard InChI is InChI=1S/C17H20ClNO/c1-2-15(18)10-11-19-17(20)12-14-8-5-7-13-6-3-4-9-16(13)14/h3-9,15H,2,10-12H2,1H3,(H,19,20). The second-order valence-corrected chi connectivity index (χ2v) is 5.58. The zero-order chi connectivity index (χ0) is 14.4. The van der Waals surface area contributed by atoms with Gasteiger partial charge in [-0.1, -0.05) is 49.4 Å². The first-order valence-electron chi connectivity index (χ1n) is 7.08. The molecule has 0 saturated heterocycles. The van der Waals surface area contributed by atoms with Gasteiger partial charge in [-0.2, -0.15) is 0 Å². The maximum atomic E-state index is 12.0. The topological polar surface area (TPSA) is 29.1 Å². The third-order valence-corrected chi connectivity index (χ3v) is 3.98. The van der Waals surface area contributed by atoms with Gasteiger partial charge >= 0.3 is 0 Å². The second kappa shape index (κ2) is 7.30. The average Bonchev–Trinajstić information content (AvgIpc) is 2.47. The van der Waals surface area contributed by atoms with E-state index >= 15 is 0 Å². The van der Waals surface area contributed by atoms with Gasteiger partial charge in [0.2, 0.25) is 5.91 Å². The number of hydrogen-bond acceptors (Lipinski definition) is 1. The van der Waals surface area contributed by atoms with Crippen molar-refractivity contribution in [3.63, 3.8) is 0 Å². The molecule has 2 nitrogen and oxygen atoms in total. The van der Waals surface area contributed by atoms with E-state index in [1.54, 1.807) is 0 Å². The first-order chi connectivity index (χ1) is 9.70. The third kappa shape index (κ3) is 3.97. The Morgan fingerprint density at radius 2 is 1.95 bits per heavy atom. The quantitative estimate of drug-likeness (QED) is 0.803. The summed E-state index contributed by atoms with van der Waals surface area (Å²) in [5, 5.41) is 5.40. The summed E-state index contributed by atoms with van der Waals surface area (Å²) in [5.74, 6) is 0.0568. The lowest BCUT2D eigenvalue weighted by Gasteiger charge is -2.09. The van der Waals surface area contributed by atoms with Crippen LogP contribution in [-0.2, 0) is 11.2 Å². The molecular formula is C17H20ClNO. The number of rotatable bonds is 6. The van der Waals surface area contributed by atoms with Crippen molar-refractivity contribution in [1.29, 1.82) is 0 Å². The molecule has 0 saturated carbocycles. The van der Waals surface area contributed by atoms with Crippen molar-refractivity contribution in [2.75, 3.05) is 6.54 Å². The van der Waals surface area contributed by atoms with E-state index in [1.165, 1.54) is 5.39 Å². The number of hydrogen-bond donors (Lipinski definition) is 1. The van der Waals surface area contributed by atoms with Crippen LogP contribution in [0.15, 0.2) is 42.5 Å². The van der Waals surface area contributed by atoms with Gasteiger partial charge in [0.25, 0.3) is 0 Å². The lowest BCUT2D eigenvalue weighted by Crippen LogP contribution is -2.27.